The summed E-state index contributed by atoms with van der Waals surface area (Å²) in [5, 5.41) is 13.3. The molecular formula is C10H11NO3S. The largest absolute Gasteiger partial charge is 0.481 e. The van der Waals surface area contributed by atoms with E-state index in [0.29, 0.717) is 13.0 Å². The highest BCUT2D eigenvalue weighted by Crippen LogP contribution is 2.38. The first kappa shape index (κ1) is 10.2. The molecule has 1 aromatic rings. The van der Waals surface area contributed by atoms with E-state index in [1.54, 1.807) is 11.3 Å². The van der Waals surface area contributed by atoms with Gasteiger partial charge in [0.2, 0.25) is 5.91 Å². The minimum atomic E-state index is -0.869. The maximum atomic E-state index is 11.4. The minimum Gasteiger partial charge on any atom is -0.481 e. The Bertz CT molecular complexity index is 374. The van der Waals surface area contributed by atoms with Gasteiger partial charge in [-0.3, -0.25) is 9.59 Å². The SMILES string of the molecule is O=C(O)C1CC1C(=O)NCc1cccs1. The molecule has 0 spiro atoms. The van der Waals surface area contributed by atoms with Crippen molar-refractivity contribution in [3.63, 3.8) is 0 Å². The van der Waals surface area contributed by atoms with Crippen LogP contribution in [0.15, 0.2) is 17.5 Å². The normalized spacial score (nSPS) is 23.5. The number of carboxylic acid groups (broad SMARTS) is 1. The second-order valence-corrected chi connectivity index (χ2v) is 4.62. The van der Waals surface area contributed by atoms with Gasteiger partial charge in [-0.2, -0.15) is 0 Å². The van der Waals surface area contributed by atoms with E-state index in [1.807, 2.05) is 17.5 Å². The highest BCUT2D eigenvalue weighted by molar-refractivity contribution is 7.09. The second kappa shape index (κ2) is 4.02. The topological polar surface area (TPSA) is 66.4 Å². The van der Waals surface area contributed by atoms with Gasteiger partial charge < -0.3 is 10.4 Å². The van der Waals surface area contributed by atoms with E-state index in [0.717, 1.165) is 4.88 Å². The number of nitrogens with one attached hydrogen (secondary N) is 1. The number of hydrogen-bond donors (Lipinski definition) is 2. The lowest BCUT2D eigenvalue weighted by Gasteiger charge is -2.01. The summed E-state index contributed by atoms with van der Waals surface area (Å²) in [6.45, 7) is 0.499. The number of hydrogen-bond acceptors (Lipinski definition) is 3. The van der Waals surface area contributed by atoms with E-state index in [-0.39, 0.29) is 11.8 Å². The first-order valence-corrected chi connectivity index (χ1v) is 5.59. The third-order valence-corrected chi connectivity index (χ3v) is 3.34. The molecule has 0 aliphatic heterocycles. The molecular weight excluding hydrogens is 214 g/mol. The molecule has 1 aliphatic rings. The molecule has 0 radical (unpaired) electrons. The quantitative estimate of drug-likeness (QED) is 0.806. The third-order valence-electron chi connectivity index (χ3n) is 2.46. The van der Waals surface area contributed by atoms with Crippen LogP contribution in [-0.2, 0) is 16.1 Å². The van der Waals surface area contributed by atoms with Crippen molar-refractivity contribution < 1.29 is 14.7 Å². The van der Waals surface area contributed by atoms with Crippen LogP contribution in [0.5, 0.6) is 0 Å². The van der Waals surface area contributed by atoms with Crippen LogP contribution >= 0.6 is 11.3 Å². The number of carboxylic acids is 1. The number of amides is 1. The van der Waals surface area contributed by atoms with Gasteiger partial charge in [0, 0.05) is 4.88 Å². The van der Waals surface area contributed by atoms with Gasteiger partial charge in [0.25, 0.3) is 0 Å². The molecule has 0 bridgehead atoms. The Morgan fingerprint density at radius 1 is 1.53 bits per heavy atom. The van der Waals surface area contributed by atoms with Gasteiger partial charge >= 0.3 is 5.97 Å². The van der Waals surface area contributed by atoms with Crippen LogP contribution in [0.4, 0.5) is 0 Å². The van der Waals surface area contributed by atoms with Gasteiger partial charge in [-0.1, -0.05) is 6.07 Å². The monoisotopic (exact) mass is 225 g/mol. The first-order chi connectivity index (χ1) is 7.18. The zero-order valence-corrected chi connectivity index (χ0v) is 8.79. The standard InChI is InChI=1S/C10H11NO3S/c12-9(7-4-8(7)10(13)14)11-5-6-2-1-3-15-6/h1-3,7-8H,4-5H2,(H,11,12)(H,13,14). The summed E-state index contributed by atoms with van der Waals surface area (Å²) in [5.74, 6) is -1.79. The molecule has 1 aliphatic carbocycles. The minimum absolute atomic E-state index is 0.143. The Hall–Kier alpha value is -1.36. The molecule has 2 atom stereocenters. The van der Waals surface area contributed by atoms with Gasteiger partial charge in [0.05, 0.1) is 18.4 Å². The first-order valence-electron chi connectivity index (χ1n) is 4.71. The molecule has 15 heavy (non-hydrogen) atoms. The fraction of sp³-hybridized carbons (Fsp3) is 0.400. The maximum Gasteiger partial charge on any atom is 0.307 e. The summed E-state index contributed by atoms with van der Waals surface area (Å²) in [6.07, 6.45) is 0.478. The van der Waals surface area contributed by atoms with E-state index in [9.17, 15) is 9.59 Å². The molecule has 4 nitrogen and oxygen atoms in total. The lowest BCUT2D eigenvalue weighted by molar-refractivity contribution is -0.140. The van der Waals surface area contributed by atoms with Crippen molar-refractivity contribution >= 4 is 23.2 Å². The van der Waals surface area contributed by atoms with Gasteiger partial charge in [-0.15, -0.1) is 11.3 Å². The Morgan fingerprint density at radius 2 is 2.33 bits per heavy atom. The van der Waals surface area contributed by atoms with E-state index in [2.05, 4.69) is 5.32 Å². The number of rotatable bonds is 4. The summed E-state index contributed by atoms with van der Waals surface area (Å²) in [4.78, 5) is 23.1. The molecule has 0 saturated heterocycles. The number of carbonyl (C=O) groups excluding carboxylic acids is 1. The van der Waals surface area contributed by atoms with Crippen LogP contribution in [0.25, 0.3) is 0 Å². The number of carbonyl (C=O) groups is 2. The summed E-state index contributed by atoms with van der Waals surface area (Å²) >= 11 is 1.57. The predicted molar refractivity (Wildman–Crippen MR) is 55.4 cm³/mol. The lowest BCUT2D eigenvalue weighted by atomic mass is 10.3. The average molecular weight is 225 g/mol. The van der Waals surface area contributed by atoms with Crippen molar-refractivity contribution in [2.45, 2.75) is 13.0 Å². The zero-order chi connectivity index (χ0) is 10.8. The van der Waals surface area contributed by atoms with Crippen LogP contribution in [0, 0.1) is 11.8 Å². The molecule has 1 fully saturated rings. The molecule has 1 amide bonds. The number of aliphatic carboxylic acids is 1. The van der Waals surface area contributed by atoms with E-state index in [4.69, 9.17) is 5.11 Å². The molecule has 80 valence electrons. The van der Waals surface area contributed by atoms with Crippen molar-refractivity contribution in [3.05, 3.63) is 22.4 Å². The molecule has 1 aromatic heterocycles. The fourth-order valence-electron chi connectivity index (χ4n) is 1.48. The van der Waals surface area contributed by atoms with Crippen LogP contribution in [0.3, 0.4) is 0 Å². The number of thiophene rings is 1. The van der Waals surface area contributed by atoms with Crippen molar-refractivity contribution in [1.29, 1.82) is 0 Å². The van der Waals surface area contributed by atoms with Crippen LogP contribution in [0.2, 0.25) is 0 Å². The summed E-state index contributed by atoms with van der Waals surface area (Å²) in [5.41, 5.74) is 0. The van der Waals surface area contributed by atoms with Crippen molar-refractivity contribution in [2.75, 3.05) is 0 Å². The Kier molecular flexibility index (Phi) is 2.73. The van der Waals surface area contributed by atoms with E-state index >= 15 is 0 Å². The highest BCUT2D eigenvalue weighted by atomic mass is 32.1. The lowest BCUT2D eigenvalue weighted by Crippen LogP contribution is -2.25. The molecule has 1 heterocycles. The van der Waals surface area contributed by atoms with Gasteiger partial charge in [0.15, 0.2) is 0 Å². The van der Waals surface area contributed by atoms with Crippen LogP contribution in [-0.4, -0.2) is 17.0 Å². The van der Waals surface area contributed by atoms with Gasteiger partial charge in [-0.05, 0) is 17.9 Å². The zero-order valence-electron chi connectivity index (χ0n) is 7.97. The second-order valence-electron chi connectivity index (χ2n) is 3.58. The summed E-state index contributed by atoms with van der Waals surface area (Å²) in [7, 11) is 0. The summed E-state index contributed by atoms with van der Waals surface area (Å²) < 4.78 is 0. The van der Waals surface area contributed by atoms with E-state index < -0.39 is 11.9 Å². The Balaban J connectivity index is 1.77. The van der Waals surface area contributed by atoms with Crippen molar-refractivity contribution in [2.24, 2.45) is 11.8 Å². The molecule has 2 rings (SSSR count). The maximum absolute atomic E-state index is 11.4. The predicted octanol–water partition coefficient (Wildman–Crippen LogP) is 1.08. The molecule has 1 saturated carbocycles. The Morgan fingerprint density at radius 3 is 2.87 bits per heavy atom. The average Bonchev–Trinajstić information content (AvgIpc) is 2.85. The highest BCUT2D eigenvalue weighted by Gasteiger charge is 2.48. The fourth-order valence-corrected chi connectivity index (χ4v) is 2.12. The van der Waals surface area contributed by atoms with Crippen molar-refractivity contribution in [1.82, 2.24) is 5.32 Å². The molecule has 0 aromatic carbocycles. The smallest absolute Gasteiger partial charge is 0.307 e. The Labute approximate surface area is 90.9 Å². The van der Waals surface area contributed by atoms with Crippen LogP contribution in [0.1, 0.15) is 11.3 Å². The molecule has 5 heteroatoms. The van der Waals surface area contributed by atoms with E-state index in [1.165, 1.54) is 0 Å². The third kappa shape index (κ3) is 2.36. The molecule has 2 unspecified atom stereocenters. The molecule has 2 N–H and O–H groups in total. The summed E-state index contributed by atoms with van der Waals surface area (Å²) in [6, 6.07) is 3.86. The van der Waals surface area contributed by atoms with Crippen LogP contribution < -0.4 is 5.32 Å². The van der Waals surface area contributed by atoms with Crippen molar-refractivity contribution in [3.8, 4) is 0 Å². The van der Waals surface area contributed by atoms with Gasteiger partial charge in [0.1, 0.15) is 0 Å². The van der Waals surface area contributed by atoms with Gasteiger partial charge in [-0.25, -0.2) is 0 Å².